The highest BCUT2D eigenvalue weighted by atomic mass is 79.9. The maximum atomic E-state index is 13.2. The van der Waals surface area contributed by atoms with E-state index in [2.05, 4.69) is 39.3 Å². The molecule has 2 nitrogen and oxygen atoms in total. The van der Waals surface area contributed by atoms with Gasteiger partial charge in [0.25, 0.3) is 0 Å². The molecule has 1 atom stereocenters. The van der Waals surface area contributed by atoms with Gasteiger partial charge in [-0.1, -0.05) is 29.8 Å². The first kappa shape index (κ1) is 12.6. The Morgan fingerprint density at radius 2 is 2.06 bits per heavy atom. The van der Waals surface area contributed by atoms with Gasteiger partial charge in [-0.05, 0) is 25.0 Å². The summed E-state index contributed by atoms with van der Waals surface area (Å²) in [6.45, 7) is 7.26. The zero-order chi connectivity index (χ0) is 12.6. The monoisotopic (exact) mass is 298 g/mol. The number of fused-ring (bicyclic) bond motifs is 1. The number of alkyl halides is 1. The summed E-state index contributed by atoms with van der Waals surface area (Å²) in [5, 5.41) is 0. The molecule has 0 aliphatic rings. The van der Waals surface area contributed by atoms with Gasteiger partial charge in [0.05, 0.1) is 15.9 Å². The van der Waals surface area contributed by atoms with E-state index in [1.165, 1.54) is 12.1 Å². The van der Waals surface area contributed by atoms with Gasteiger partial charge >= 0.3 is 0 Å². The fraction of sp³-hybridized carbons (Fsp3) is 0.462. The van der Waals surface area contributed by atoms with Crippen molar-refractivity contribution in [3.63, 3.8) is 0 Å². The Kier molecular flexibility index (Phi) is 3.52. The van der Waals surface area contributed by atoms with Crippen molar-refractivity contribution in [2.45, 2.75) is 32.1 Å². The molecule has 0 N–H and O–H groups in total. The van der Waals surface area contributed by atoms with Gasteiger partial charge in [0.15, 0.2) is 0 Å². The summed E-state index contributed by atoms with van der Waals surface area (Å²) in [5.74, 6) is 1.25. The number of aromatic nitrogens is 2. The second kappa shape index (κ2) is 4.77. The van der Waals surface area contributed by atoms with E-state index >= 15 is 0 Å². The van der Waals surface area contributed by atoms with Crippen molar-refractivity contribution in [1.29, 1.82) is 0 Å². The first-order chi connectivity index (χ1) is 7.99. The van der Waals surface area contributed by atoms with Gasteiger partial charge in [-0.3, -0.25) is 0 Å². The van der Waals surface area contributed by atoms with Crippen LogP contribution in [0, 0.1) is 11.7 Å². The van der Waals surface area contributed by atoms with Crippen LogP contribution in [0.15, 0.2) is 18.2 Å². The first-order valence-corrected chi connectivity index (χ1v) is 6.70. The van der Waals surface area contributed by atoms with E-state index in [0.29, 0.717) is 5.92 Å². The number of halogens is 2. The van der Waals surface area contributed by atoms with Gasteiger partial charge < -0.3 is 4.57 Å². The molecule has 1 unspecified atom stereocenters. The van der Waals surface area contributed by atoms with E-state index in [4.69, 9.17) is 0 Å². The predicted molar refractivity (Wildman–Crippen MR) is 71.9 cm³/mol. The molecular weight excluding hydrogens is 283 g/mol. The summed E-state index contributed by atoms with van der Waals surface area (Å²) in [5.41, 5.74) is 1.73. The SMILES string of the molecule is CC(C)Cn1c(C(C)Br)nc2cc(F)ccc21. The van der Waals surface area contributed by atoms with E-state index in [0.717, 1.165) is 23.4 Å². The highest BCUT2D eigenvalue weighted by Gasteiger charge is 2.15. The van der Waals surface area contributed by atoms with Crippen LogP contribution in [0.25, 0.3) is 11.0 Å². The van der Waals surface area contributed by atoms with Crippen LogP contribution in [0.4, 0.5) is 4.39 Å². The van der Waals surface area contributed by atoms with Crippen molar-refractivity contribution in [3.05, 3.63) is 29.8 Å². The molecule has 92 valence electrons. The molecule has 2 aromatic rings. The van der Waals surface area contributed by atoms with Crippen LogP contribution in [0.5, 0.6) is 0 Å². The third-order valence-corrected chi connectivity index (χ3v) is 3.05. The molecule has 0 saturated carbocycles. The first-order valence-electron chi connectivity index (χ1n) is 5.78. The van der Waals surface area contributed by atoms with Crippen LogP contribution in [0.3, 0.4) is 0 Å². The highest BCUT2D eigenvalue weighted by molar-refractivity contribution is 9.09. The fourth-order valence-electron chi connectivity index (χ4n) is 1.98. The van der Waals surface area contributed by atoms with Crippen LogP contribution in [0.1, 0.15) is 31.4 Å². The molecule has 0 amide bonds. The number of hydrogen-bond acceptors (Lipinski definition) is 1. The Bertz CT molecular complexity index is 531. The fourth-order valence-corrected chi connectivity index (χ4v) is 2.33. The molecule has 0 aliphatic heterocycles. The number of nitrogens with zero attached hydrogens (tertiary/aromatic N) is 2. The zero-order valence-corrected chi connectivity index (χ0v) is 11.8. The van der Waals surface area contributed by atoms with Gasteiger partial charge in [0, 0.05) is 12.6 Å². The van der Waals surface area contributed by atoms with Crippen molar-refractivity contribution >= 4 is 27.0 Å². The molecule has 1 aromatic carbocycles. The minimum atomic E-state index is -0.236. The van der Waals surface area contributed by atoms with Crippen molar-refractivity contribution < 1.29 is 4.39 Å². The summed E-state index contributed by atoms with van der Waals surface area (Å²) in [7, 11) is 0. The van der Waals surface area contributed by atoms with Crippen molar-refractivity contribution in [2.24, 2.45) is 5.92 Å². The summed E-state index contributed by atoms with van der Waals surface area (Å²) in [6, 6.07) is 4.79. The molecule has 0 radical (unpaired) electrons. The molecule has 2 rings (SSSR count). The minimum Gasteiger partial charge on any atom is -0.327 e. The molecule has 17 heavy (non-hydrogen) atoms. The third kappa shape index (κ3) is 2.51. The van der Waals surface area contributed by atoms with E-state index in [1.807, 2.05) is 6.92 Å². The Hall–Kier alpha value is -0.900. The van der Waals surface area contributed by atoms with Crippen LogP contribution >= 0.6 is 15.9 Å². The topological polar surface area (TPSA) is 17.8 Å². The minimum absolute atomic E-state index is 0.164. The van der Waals surface area contributed by atoms with Crippen LogP contribution < -0.4 is 0 Å². The number of hydrogen-bond donors (Lipinski definition) is 0. The van der Waals surface area contributed by atoms with E-state index in [1.54, 1.807) is 6.07 Å². The summed E-state index contributed by atoms with van der Waals surface area (Å²) >= 11 is 3.54. The number of rotatable bonds is 3. The second-order valence-electron chi connectivity index (χ2n) is 4.72. The van der Waals surface area contributed by atoms with Gasteiger partial charge in [0.2, 0.25) is 0 Å². The van der Waals surface area contributed by atoms with Crippen LogP contribution in [-0.4, -0.2) is 9.55 Å². The van der Waals surface area contributed by atoms with Crippen LogP contribution in [-0.2, 0) is 6.54 Å². The Balaban J connectivity index is 2.62. The summed E-state index contributed by atoms with van der Waals surface area (Å²) in [6.07, 6.45) is 0. The molecular formula is C13H16BrFN2. The molecule has 0 bridgehead atoms. The van der Waals surface area contributed by atoms with Crippen LogP contribution in [0.2, 0.25) is 0 Å². The molecule has 4 heteroatoms. The summed E-state index contributed by atoms with van der Waals surface area (Å²) in [4.78, 5) is 4.67. The van der Waals surface area contributed by atoms with Gasteiger partial charge in [-0.25, -0.2) is 9.37 Å². The standard InChI is InChI=1S/C13H16BrFN2/c1-8(2)7-17-12-5-4-10(15)6-11(12)16-13(17)9(3)14/h4-6,8-9H,7H2,1-3H3. The van der Waals surface area contributed by atoms with Gasteiger partial charge in [-0.15, -0.1) is 0 Å². The Morgan fingerprint density at radius 3 is 2.65 bits per heavy atom. The lowest BCUT2D eigenvalue weighted by atomic mass is 10.2. The quantitative estimate of drug-likeness (QED) is 0.773. The van der Waals surface area contributed by atoms with Crippen molar-refractivity contribution in [3.8, 4) is 0 Å². The maximum Gasteiger partial charge on any atom is 0.125 e. The lowest BCUT2D eigenvalue weighted by Gasteiger charge is -2.12. The molecule has 0 aliphatic carbocycles. The Labute approximate surface area is 109 Å². The lowest BCUT2D eigenvalue weighted by molar-refractivity contribution is 0.518. The van der Waals surface area contributed by atoms with E-state index < -0.39 is 0 Å². The molecule has 0 fully saturated rings. The zero-order valence-electron chi connectivity index (χ0n) is 10.2. The molecule has 0 spiro atoms. The third-order valence-electron chi connectivity index (χ3n) is 2.64. The lowest BCUT2D eigenvalue weighted by Crippen LogP contribution is -2.08. The average molecular weight is 299 g/mol. The number of imidazole rings is 1. The van der Waals surface area contributed by atoms with E-state index in [9.17, 15) is 4.39 Å². The van der Waals surface area contributed by atoms with E-state index in [-0.39, 0.29) is 10.6 Å². The largest absolute Gasteiger partial charge is 0.327 e. The maximum absolute atomic E-state index is 13.2. The second-order valence-corrected chi connectivity index (χ2v) is 6.10. The molecule has 1 heterocycles. The van der Waals surface area contributed by atoms with Crippen molar-refractivity contribution in [2.75, 3.05) is 0 Å². The molecule has 0 saturated heterocycles. The van der Waals surface area contributed by atoms with Gasteiger partial charge in [0.1, 0.15) is 11.6 Å². The van der Waals surface area contributed by atoms with Crippen molar-refractivity contribution in [1.82, 2.24) is 9.55 Å². The average Bonchev–Trinajstić information content (AvgIpc) is 2.55. The Morgan fingerprint density at radius 1 is 1.35 bits per heavy atom. The smallest absolute Gasteiger partial charge is 0.125 e. The molecule has 1 aromatic heterocycles. The normalized spacial score (nSPS) is 13.5. The summed E-state index contributed by atoms with van der Waals surface area (Å²) < 4.78 is 15.3. The van der Waals surface area contributed by atoms with Gasteiger partial charge in [-0.2, -0.15) is 0 Å². The highest BCUT2D eigenvalue weighted by Crippen LogP contribution is 2.27. The predicted octanol–water partition coefficient (Wildman–Crippen LogP) is 4.29. The number of benzene rings is 1.